The molecule has 6 heteroatoms. The first-order chi connectivity index (χ1) is 12.2. The number of carbonyl (C=O) groups is 1. The Labute approximate surface area is 147 Å². The fourth-order valence-corrected chi connectivity index (χ4v) is 3.86. The number of rotatable bonds is 5. The number of carbonyl (C=O) groups excluding carboxylic acids is 1. The van der Waals surface area contributed by atoms with E-state index in [4.69, 9.17) is 14.2 Å². The Bertz CT molecular complexity index is 648. The van der Waals surface area contributed by atoms with E-state index in [0.717, 1.165) is 19.4 Å². The van der Waals surface area contributed by atoms with Gasteiger partial charge in [0.05, 0.1) is 25.9 Å². The molecule has 0 spiro atoms. The molecule has 25 heavy (non-hydrogen) atoms. The summed E-state index contributed by atoms with van der Waals surface area (Å²) in [6.45, 7) is 1.76. The molecule has 0 unspecified atom stereocenters. The molecular weight excluding hydrogens is 325 g/mol. The summed E-state index contributed by atoms with van der Waals surface area (Å²) in [7, 11) is 1.41. The van der Waals surface area contributed by atoms with E-state index in [2.05, 4.69) is 0 Å². The molecule has 4 rings (SSSR count). The van der Waals surface area contributed by atoms with Crippen LogP contribution in [0.2, 0.25) is 0 Å². The number of halogens is 1. The van der Waals surface area contributed by atoms with Gasteiger partial charge in [0.1, 0.15) is 6.10 Å². The summed E-state index contributed by atoms with van der Waals surface area (Å²) in [5, 5.41) is 0. The SMILES string of the molecule is COc1ccc(C(=O)N2CCO[C@H]3CC[C@H]2[C@@H]3OCC2CC2)cc1F. The monoisotopic (exact) mass is 349 g/mol. The number of amides is 1. The zero-order chi connectivity index (χ0) is 17.4. The third-order valence-electron chi connectivity index (χ3n) is 5.44. The number of fused-ring (bicyclic) bond motifs is 2. The van der Waals surface area contributed by atoms with Gasteiger partial charge in [-0.2, -0.15) is 0 Å². The maximum absolute atomic E-state index is 14.0. The minimum atomic E-state index is -0.523. The molecule has 3 fully saturated rings. The number of benzene rings is 1. The van der Waals surface area contributed by atoms with E-state index >= 15 is 0 Å². The Hall–Kier alpha value is -1.66. The molecule has 136 valence electrons. The number of nitrogens with zero attached hydrogens (tertiary/aromatic N) is 1. The van der Waals surface area contributed by atoms with Gasteiger partial charge in [-0.05, 0) is 49.8 Å². The zero-order valence-corrected chi connectivity index (χ0v) is 14.4. The molecule has 0 N–H and O–H groups in total. The molecule has 1 amide bonds. The van der Waals surface area contributed by atoms with E-state index in [0.29, 0.717) is 24.6 Å². The van der Waals surface area contributed by atoms with E-state index in [-0.39, 0.29) is 29.9 Å². The van der Waals surface area contributed by atoms with E-state index in [1.165, 1.54) is 32.1 Å². The lowest BCUT2D eigenvalue weighted by molar-refractivity contribution is -0.0556. The van der Waals surface area contributed by atoms with Crippen molar-refractivity contribution in [2.75, 3.05) is 26.9 Å². The van der Waals surface area contributed by atoms with Crippen molar-refractivity contribution < 1.29 is 23.4 Å². The highest BCUT2D eigenvalue weighted by molar-refractivity contribution is 5.94. The maximum Gasteiger partial charge on any atom is 0.254 e. The lowest BCUT2D eigenvalue weighted by atomic mass is 10.1. The summed E-state index contributed by atoms with van der Waals surface area (Å²) < 4.78 is 31.0. The van der Waals surface area contributed by atoms with Crippen molar-refractivity contribution in [2.24, 2.45) is 5.92 Å². The van der Waals surface area contributed by atoms with Gasteiger partial charge in [0.25, 0.3) is 5.91 Å². The summed E-state index contributed by atoms with van der Waals surface area (Å²) in [5.74, 6) is 0.118. The first-order valence-electron chi connectivity index (χ1n) is 9.05. The van der Waals surface area contributed by atoms with Crippen LogP contribution in [0.1, 0.15) is 36.0 Å². The Morgan fingerprint density at radius 1 is 1.32 bits per heavy atom. The highest BCUT2D eigenvalue weighted by Crippen LogP contribution is 2.36. The van der Waals surface area contributed by atoms with Gasteiger partial charge in [0.15, 0.2) is 11.6 Å². The molecule has 0 aromatic heterocycles. The highest BCUT2D eigenvalue weighted by atomic mass is 19.1. The first kappa shape index (κ1) is 16.8. The molecule has 1 aromatic carbocycles. The molecule has 0 radical (unpaired) electrons. The van der Waals surface area contributed by atoms with Crippen molar-refractivity contribution in [3.63, 3.8) is 0 Å². The third kappa shape index (κ3) is 3.37. The molecule has 1 aliphatic heterocycles. The molecule has 1 heterocycles. The second kappa shape index (κ2) is 6.92. The fraction of sp³-hybridized carbons (Fsp3) is 0.632. The standard InChI is InChI=1S/C19H24FNO4/c1-23-16-6-4-13(10-14(16)20)19(22)21-8-9-24-17-7-5-15(21)18(17)25-11-12-2-3-12/h4,6,10,12,15,17-18H,2-3,5,7-9,11H2,1H3/t15-,17-,18-/m0/s1. The van der Waals surface area contributed by atoms with Gasteiger partial charge < -0.3 is 19.1 Å². The van der Waals surface area contributed by atoms with Crippen LogP contribution in [0, 0.1) is 11.7 Å². The van der Waals surface area contributed by atoms with Crippen LogP contribution in [-0.4, -0.2) is 55.9 Å². The van der Waals surface area contributed by atoms with Crippen LogP contribution in [0.3, 0.4) is 0 Å². The number of hydrogen-bond acceptors (Lipinski definition) is 4. The van der Waals surface area contributed by atoms with Crippen LogP contribution in [0.15, 0.2) is 18.2 Å². The Morgan fingerprint density at radius 2 is 2.16 bits per heavy atom. The van der Waals surface area contributed by atoms with Gasteiger partial charge in [-0.3, -0.25) is 4.79 Å². The van der Waals surface area contributed by atoms with E-state index in [1.807, 2.05) is 4.90 Å². The fourth-order valence-electron chi connectivity index (χ4n) is 3.86. The lowest BCUT2D eigenvalue weighted by Crippen LogP contribution is -2.46. The summed E-state index contributed by atoms with van der Waals surface area (Å²) >= 11 is 0. The molecule has 1 saturated heterocycles. The average Bonchev–Trinajstić information content (AvgIpc) is 3.36. The molecule has 3 aliphatic rings. The Kier molecular flexibility index (Phi) is 4.65. The van der Waals surface area contributed by atoms with Gasteiger partial charge in [-0.25, -0.2) is 4.39 Å². The second-order valence-electron chi connectivity index (χ2n) is 7.14. The van der Waals surface area contributed by atoms with Gasteiger partial charge >= 0.3 is 0 Å². The third-order valence-corrected chi connectivity index (χ3v) is 5.44. The first-order valence-corrected chi connectivity index (χ1v) is 9.05. The van der Waals surface area contributed by atoms with Crippen LogP contribution in [0.4, 0.5) is 4.39 Å². The van der Waals surface area contributed by atoms with Crippen molar-refractivity contribution in [3.8, 4) is 5.75 Å². The summed E-state index contributed by atoms with van der Waals surface area (Å²) in [4.78, 5) is 14.8. The molecule has 1 aromatic rings. The van der Waals surface area contributed by atoms with Crippen molar-refractivity contribution >= 4 is 5.91 Å². The van der Waals surface area contributed by atoms with E-state index < -0.39 is 5.82 Å². The van der Waals surface area contributed by atoms with Crippen LogP contribution in [0.25, 0.3) is 0 Å². The predicted octanol–water partition coefficient (Wildman–Crippen LogP) is 2.63. The average molecular weight is 349 g/mol. The van der Waals surface area contributed by atoms with Crippen molar-refractivity contribution in [3.05, 3.63) is 29.6 Å². The van der Waals surface area contributed by atoms with E-state index in [1.54, 1.807) is 6.07 Å². The summed E-state index contributed by atoms with van der Waals surface area (Å²) in [5.41, 5.74) is 0.338. The van der Waals surface area contributed by atoms with E-state index in [9.17, 15) is 9.18 Å². The molecular formula is C19H24FNO4. The number of hydrogen-bond donors (Lipinski definition) is 0. The zero-order valence-electron chi connectivity index (χ0n) is 14.4. The lowest BCUT2D eigenvalue weighted by Gasteiger charge is -2.31. The normalized spacial score (nSPS) is 28.7. The van der Waals surface area contributed by atoms with Crippen molar-refractivity contribution in [1.82, 2.24) is 4.90 Å². The van der Waals surface area contributed by atoms with Crippen molar-refractivity contribution in [1.29, 1.82) is 0 Å². The molecule has 5 nitrogen and oxygen atoms in total. The summed E-state index contributed by atoms with van der Waals surface area (Å²) in [6.07, 6.45) is 4.22. The van der Waals surface area contributed by atoms with Crippen LogP contribution >= 0.6 is 0 Å². The predicted molar refractivity (Wildman–Crippen MR) is 89.2 cm³/mol. The van der Waals surface area contributed by atoms with Crippen molar-refractivity contribution in [2.45, 2.75) is 43.9 Å². The van der Waals surface area contributed by atoms with Gasteiger partial charge in [-0.15, -0.1) is 0 Å². The largest absolute Gasteiger partial charge is 0.494 e. The molecule has 2 bridgehead atoms. The number of methoxy groups -OCH3 is 1. The van der Waals surface area contributed by atoms with Gasteiger partial charge in [-0.1, -0.05) is 0 Å². The van der Waals surface area contributed by atoms with Crippen LogP contribution in [-0.2, 0) is 9.47 Å². The molecule has 3 atom stereocenters. The Balaban J connectivity index is 1.53. The topological polar surface area (TPSA) is 48.0 Å². The highest BCUT2D eigenvalue weighted by Gasteiger charge is 2.45. The summed E-state index contributed by atoms with van der Waals surface area (Å²) in [6, 6.07) is 4.36. The smallest absolute Gasteiger partial charge is 0.254 e. The van der Waals surface area contributed by atoms with Gasteiger partial charge in [0.2, 0.25) is 0 Å². The molecule has 2 aliphatic carbocycles. The quantitative estimate of drug-likeness (QED) is 0.820. The van der Waals surface area contributed by atoms with Crippen LogP contribution in [0.5, 0.6) is 5.75 Å². The number of ether oxygens (including phenoxy) is 3. The molecule has 2 saturated carbocycles. The minimum Gasteiger partial charge on any atom is -0.494 e. The Morgan fingerprint density at radius 3 is 2.88 bits per heavy atom. The minimum absolute atomic E-state index is 0.00362. The van der Waals surface area contributed by atoms with Gasteiger partial charge in [0, 0.05) is 18.7 Å². The second-order valence-corrected chi connectivity index (χ2v) is 7.14. The van der Waals surface area contributed by atoms with Crippen LogP contribution < -0.4 is 4.74 Å². The maximum atomic E-state index is 14.0.